The maximum atomic E-state index is 12.0. The van der Waals surface area contributed by atoms with Gasteiger partial charge in [-0.25, -0.2) is 0 Å². The van der Waals surface area contributed by atoms with Crippen LogP contribution in [0.25, 0.3) is 0 Å². The highest BCUT2D eigenvalue weighted by Crippen LogP contribution is 2.53. The molecule has 1 aliphatic carbocycles. The molecule has 2 aliphatic heterocycles. The van der Waals surface area contributed by atoms with E-state index >= 15 is 0 Å². The van der Waals surface area contributed by atoms with E-state index in [1.807, 2.05) is 12.1 Å². The zero-order valence-corrected chi connectivity index (χ0v) is 14.4. The first-order chi connectivity index (χ1) is 12.1. The van der Waals surface area contributed by atoms with Crippen LogP contribution in [-0.4, -0.2) is 38.0 Å². The van der Waals surface area contributed by atoms with Crippen LogP contribution < -0.4 is 26.3 Å². The molecule has 2 amide bonds. The molecule has 3 aliphatic rings. The molecule has 2 heterocycles. The lowest BCUT2D eigenvalue weighted by Gasteiger charge is -2.54. The fourth-order valence-corrected chi connectivity index (χ4v) is 4.11. The van der Waals surface area contributed by atoms with Crippen molar-refractivity contribution >= 4 is 17.5 Å². The van der Waals surface area contributed by atoms with Crippen LogP contribution in [-0.2, 0) is 9.59 Å². The average Bonchev–Trinajstić information content (AvgIpc) is 2.49. The summed E-state index contributed by atoms with van der Waals surface area (Å²) in [6, 6.07) is 5.71. The van der Waals surface area contributed by atoms with E-state index in [1.54, 1.807) is 7.05 Å². The van der Waals surface area contributed by atoms with Gasteiger partial charge in [-0.2, -0.15) is 5.48 Å². The average molecular weight is 344 g/mol. The minimum Gasteiger partial charge on any atom is -0.407 e. The van der Waals surface area contributed by atoms with Crippen LogP contribution in [0.5, 0.6) is 5.75 Å². The minimum atomic E-state index is -0.421. The van der Waals surface area contributed by atoms with Crippen LogP contribution >= 0.6 is 0 Å². The molecule has 1 aromatic carbocycles. The molecule has 1 aromatic rings. The van der Waals surface area contributed by atoms with Gasteiger partial charge in [0.1, 0.15) is 6.04 Å². The van der Waals surface area contributed by atoms with Crippen molar-refractivity contribution in [2.45, 2.75) is 37.6 Å². The van der Waals surface area contributed by atoms with Crippen LogP contribution in [0.4, 0.5) is 5.69 Å². The molecule has 2 saturated heterocycles. The van der Waals surface area contributed by atoms with Gasteiger partial charge in [0, 0.05) is 26.6 Å². The molecule has 0 radical (unpaired) electrons. The topological polar surface area (TPSA) is 91.5 Å². The SMILES string of the molecule is CNOc1cc(C2CC3(CNC3)C2)ccc1NC1CCC(=O)NC1=O. The molecule has 25 heavy (non-hydrogen) atoms. The number of hydrogen-bond acceptors (Lipinski definition) is 6. The second-order valence-electron chi connectivity index (χ2n) is 7.42. The highest BCUT2D eigenvalue weighted by molar-refractivity contribution is 6.01. The Balaban J connectivity index is 1.48. The normalized spacial score (nSPS) is 25.1. The summed E-state index contributed by atoms with van der Waals surface area (Å²) in [6.07, 6.45) is 3.28. The Morgan fingerprint density at radius 1 is 1.24 bits per heavy atom. The predicted octanol–water partition coefficient (Wildman–Crippen LogP) is 0.884. The van der Waals surface area contributed by atoms with Crippen molar-refractivity contribution in [3.05, 3.63) is 23.8 Å². The first kappa shape index (κ1) is 16.4. The van der Waals surface area contributed by atoms with Gasteiger partial charge in [-0.05, 0) is 48.3 Å². The Bertz CT molecular complexity index is 694. The molecular weight excluding hydrogens is 320 g/mol. The molecule has 1 saturated carbocycles. The molecule has 3 fully saturated rings. The molecule has 0 bridgehead atoms. The lowest BCUT2D eigenvalue weighted by atomic mass is 9.57. The molecule has 134 valence electrons. The second kappa shape index (κ2) is 6.31. The predicted molar refractivity (Wildman–Crippen MR) is 93.2 cm³/mol. The maximum absolute atomic E-state index is 12.0. The van der Waals surface area contributed by atoms with Gasteiger partial charge in [0.15, 0.2) is 5.75 Å². The number of amides is 2. The summed E-state index contributed by atoms with van der Waals surface area (Å²) in [5.41, 5.74) is 5.27. The standard InChI is InChI=1S/C18H24N4O3/c1-19-25-15-6-11(12-7-18(8-12)9-20-10-18)2-3-13(15)21-14-4-5-16(23)22-17(14)24/h2-3,6,12,14,19-21H,4-5,7-10H2,1H3,(H,22,23,24). The van der Waals surface area contributed by atoms with Crippen molar-refractivity contribution in [1.29, 1.82) is 0 Å². The lowest BCUT2D eigenvalue weighted by molar-refractivity contribution is -0.133. The van der Waals surface area contributed by atoms with Gasteiger partial charge in [-0.3, -0.25) is 14.9 Å². The summed E-state index contributed by atoms with van der Waals surface area (Å²) in [6.45, 7) is 2.27. The van der Waals surface area contributed by atoms with E-state index in [2.05, 4.69) is 27.5 Å². The van der Waals surface area contributed by atoms with Crippen LogP contribution in [0, 0.1) is 5.41 Å². The Labute approximate surface area is 146 Å². The van der Waals surface area contributed by atoms with E-state index in [4.69, 9.17) is 4.84 Å². The van der Waals surface area contributed by atoms with Gasteiger partial charge >= 0.3 is 0 Å². The maximum Gasteiger partial charge on any atom is 0.249 e. The van der Waals surface area contributed by atoms with Crippen LogP contribution in [0.2, 0.25) is 0 Å². The Morgan fingerprint density at radius 2 is 2.04 bits per heavy atom. The van der Waals surface area contributed by atoms with E-state index < -0.39 is 6.04 Å². The van der Waals surface area contributed by atoms with Crippen LogP contribution in [0.3, 0.4) is 0 Å². The minimum absolute atomic E-state index is 0.213. The fourth-order valence-electron chi connectivity index (χ4n) is 4.11. The van der Waals surface area contributed by atoms with Crippen molar-refractivity contribution in [2.24, 2.45) is 5.41 Å². The highest BCUT2D eigenvalue weighted by atomic mass is 16.6. The van der Waals surface area contributed by atoms with Gasteiger partial charge in [-0.1, -0.05) is 6.07 Å². The zero-order chi connectivity index (χ0) is 17.4. The molecule has 4 N–H and O–H groups in total. The summed E-state index contributed by atoms with van der Waals surface area (Å²) in [4.78, 5) is 28.8. The first-order valence-electron chi connectivity index (χ1n) is 8.87. The van der Waals surface area contributed by atoms with Crippen molar-refractivity contribution in [3.63, 3.8) is 0 Å². The fraction of sp³-hybridized carbons (Fsp3) is 0.556. The van der Waals surface area contributed by atoms with Gasteiger partial charge < -0.3 is 15.5 Å². The molecule has 1 atom stereocenters. The third-order valence-electron chi connectivity index (χ3n) is 5.62. The number of hydroxylamine groups is 1. The van der Waals surface area contributed by atoms with Gasteiger partial charge in [0.25, 0.3) is 0 Å². The largest absolute Gasteiger partial charge is 0.407 e. The molecule has 4 rings (SSSR count). The molecular formula is C18H24N4O3. The van der Waals surface area contributed by atoms with E-state index in [0.29, 0.717) is 29.9 Å². The Hall–Kier alpha value is -2.12. The lowest BCUT2D eigenvalue weighted by Crippen LogP contribution is -2.59. The van der Waals surface area contributed by atoms with Crippen molar-refractivity contribution in [2.75, 3.05) is 25.5 Å². The number of imide groups is 1. The van der Waals surface area contributed by atoms with E-state index in [9.17, 15) is 9.59 Å². The quantitative estimate of drug-likeness (QED) is 0.468. The molecule has 7 nitrogen and oxygen atoms in total. The smallest absolute Gasteiger partial charge is 0.249 e. The van der Waals surface area contributed by atoms with Gasteiger partial charge in [0.05, 0.1) is 5.69 Å². The summed E-state index contributed by atoms with van der Waals surface area (Å²) in [7, 11) is 1.71. The number of carbonyl (C=O) groups is 2. The summed E-state index contributed by atoms with van der Waals surface area (Å²) in [5, 5.41) is 8.94. The van der Waals surface area contributed by atoms with Crippen molar-refractivity contribution < 1.29 is 14.4 Å². The van der Waals surface area contributed by atoms with Crippen molar-refractivity contribution in [1.82, 2.24) is 16.1 Å². The number of benzene rings is 1. The zero-order valence-electron chi connectivity index (χ0n) is 14.4. The monoisotopic (exact) mass is 344 g/mol. The Morgan fingerprint density at radius 3 is 2.68 bits per heavy atom. The molecule has 1 spiro atoms. The summed E-state index contributed by atoms with van der Waals surface area (Å²) >= 11 is 0. The Kier molecular flexibility index (Phi) is 4.13. The number of anilines is 1. The summed E-state index contributed by atoms with van der Waals surface area (Å²) < 4.78 is 0. The number of nitrogens with one attached hydrogen (secondary N) is 4. The van der Waals surface area contributed by atoms with E-state index in [-0.39, 0.29) is 11.8 Å². The number of hydrogen-bond donors (Lipinski definition) is 4. The second-order valence-corrected chi connectivity index (χ2v) is 7.42. The third-order valence-corrected chi connectivity index (χ3v) is 5.62. The van der Waals surface area contributed by atoms with Gasteiger partial charge in [-0.15, -0.1) is 0 Å². The summed E-state index contributed by atoms with van der Waals surface area (Å²) in [5.74, 6) is 0.756. The molecule has 7 heteroatoms. The first-order valence-corrected chi connectivity index (χ1v) is 8.87. The van der Waals surface area contributed by atoms with E-state index in [1.165, 1.54) is 18.4 Å². The van der Waals surface area contributed by atoms with Crippen LogP contribution in [0.1, 0.15) is 37.2 Å². The van der Waals surface area contributed by atoms with E-state index in [0.717, 1.165) is 18.8 Å². The number of rotatable bonds is 5. The highest BCUT2D eigenvalue weighted by Gasteiger charge is 2.48. The van der Waals surface area contributed by atoms with Crippen molar-refractivity contribution in [3.8, 4) is 5.75 Å². The third kappa shape index (κ3) is 3.09. The molecule has 1 unspecified atom stereocenters. The van der Waals surface area contributed by atoms with Crippen LogP contribution in [0.15, 0.2) is 18.2 Å². The number of piperidine rings is 1. The number of carbonyl (C=O) groups excluding carboxylic acids is 2. The van der Waals surface area contributed by atoms with Gasteiger partial charge in [0.2, 0.25) is 11.8 Å². The molecule has 0 aromatic heterocycles.